The number of rotatable bonds is 4. The maximum absolute atomic E-state index is 12.9. The Morgan fingerprint density at radius 2 is 2.25 bits per heavy atom. The summed E-state index contributed by atoms with van der Waals surface area (Å²) in [7, 11) is 0. The molecule has 2 fully saturated rings. The SMILES string of the molecule is CCCn1nc(C(=O)N2CC(CC)OC3(CCOC3)C2)ccc1=O. The van der Waals surface area contributed by atoms with E-state index in [0.29, 0.717) is 38.5 Å². The van der Waals surface area contributed by atoms with Crippen molar-refractivity contribution in [1.82, 2.24) is 14.7 Å². The van der Waals surface area contributed by atoms with Crippen LogP contribution in [0.2, 0.25) is 0 Å². The molecule has 0 aromatic carbocycles. The molecule has 2 unspecified atom stereocenters. The lowest BCUT2D eigenvalue weighted by atomic mass is 9.98. The van der Waals surface area contributed by atoms with Crippen molar-refractivity contribution in [1.29, 1.82) is 0 Å². The second-order valence-electron chi connectivity index (χ2n) is 6.60. The van der Waals surface area contributed by atoms with Crippen LogP contribution in [0.25, 0.3) is 0 Å². The van der Waals surface area contributed by atoms with Crippen molar-refractivity contribution >= 4 is 5.91 Å². The van der Waals surface area contributed by atoms with E-state index in [4.69, 9.17) is 9.47 Å². The van der Waals surface area contributed by atoms with Crippen molar-refractivity contribution < 1.29 is 14.3 Å². The van der Waals surface area contributed by atoms with Gasteiger partial charge in [0.1, 0.15) is 11.3 Å². The summed E-state index contributed by atoms with van der Waals surface area (Å²) in [5.74, 6) is -0.145. The Morgan fingerprint density at radius 1 is 1.42 bits per heavy atom. The van der Waals surface area contributed by atoms with Crippen LogP contribution in [0, 0.1) is 0 Å². The van der Waals surface area contributed by atoms with E-state index in [2.05, 4.69) is 12.0 Å². The summed E-state index contributed by atoms with van der Waals surface area (Å²) in [6.45, 7) is 6.79. The molecule has 0 bridgehead atoms. The molecule has 1 spiro atoms. The van der Waals surface area contributed by atoms with E-state index in [1.165, 1.54) is 16.8 Å². The number of hydrogen-bond donors (Lipinski definition) is 0. The standard InChI is InChI=1S/C17H25N3O4/c1-3-8-20-15(21)6-5-14(18-20)16(22)19-10-13(4-2)24-17(11-19)7-9-23-12-17/h5-6,13H,3-4,7-12H2,1-2H3. The van der Waals surface area contributed by atoms with E-state index >= 15 is 0 Å². The summed E-state index contributed by atoms with van der Waals surface area (Å²) < 4.78 is 13.1. The van der Waals surface area contributed by atoms with Gasteiger partial charge < -0.3 is 14.4 Å². The number of carbonyl (C=O) groups excluding carboxylic acids is 1. The van der Waals surface area contributed by atoms with E-state index < -0.39 is 5.60 Å². The van der Waals surface area contributed by atoms with E-state index in [9.17, 15) is 9.59 Å². The van der Waals surface area contributed by atoms with E-state index in [0.717, 1.165) is 19.3 Å². The average Bonchev–Trinajstić information content (AvgIpc) is 3.03. The van der Waals surface area contributed by atoms with Crippen molar-refractivity contribution in [3.63, 3.8) is 0 Å². The summed E-state index contributed by atoms with van der Waals surface area (Å²) in [5, 5.41) is 4.24. The van der Waals surface area contributed by atoms with Crippen LogP contribution in [-0.4, -0.2) is 58.6 Å². The molecule has 3 rings (SSSR count). The highest BCUT2D eigenvalue weighted by atomic mass is 16.6. The van der Waals surface area contributed by atoms with Crippen LogP contribution in [0.4, 0.5) is 0 Å². The second-order valence-corrected chi connectivity index (χ2v) is 6.60. The molecule has 3 heterocycles. The molecule has 7 heteroatoms. The molecule has 2 aliphatic rings. The highest BCUT2D eigenvalue weighted by Crippen LogP contribution is 2.31. The summed E-state index contributed by atoms with van der Waals surface area (Å²) >= 11 is 0. The zero-order chi connectivity index (χ0) is 17.2. The number of amides is 1. The third-order valence-corrected chi connectivity index (χ3v) is 4.65. The number of morpholine rings is 1. The molecule has 1 aromatic rings. The van der Waals surface area contributed by atoms with Crippen molar-refractivity contribution in [2.24, 2.45) is 0 Å². The summed E-state index contributed by atoms with van der Waals surface area (Å²) in [5.41, 5.74) is -0.261. The van der Waals surface area contributed by atoms with Crippen molar-refractivity contribution in [3.05, 3.63) is 28.2 Å². The Bertz CT molecular complexity index is 651. The molecule has 24 heavy (non-hydrogen) atoms. The van der Waals surface area contributed by atoms with Crippen LogP contribution in [0.5, 0.6) is 0 Å². The van der Waals surface area contributed by atoms with Crippen LogP contribution >= 0.6 is 0 Å². The Kier molecular flexibility index (Phi) is 5.01. The smallest absolute Gasteiger partial charge is 0.274 e. The molecular weight excluding hydrogens is 310 g/mol. The predicted octanol–water partition coefficient (Wildman–Crippen LogP) is 1.06. The van der Waals surface area contributed by atoms with Gasteiger partial charge in [-0.3, -0.25) is 9.59 Å². The van der Waals surface area contributed by atoms with Gasteiger partial charge in [0.05, 0.1) is 19.3 Å². The molecule has 0 aliphatic carbocycles. The highest BCUT2D eigenvalue weighted by Gasteiger charge is 2.45. The third-order valence-electron chi connectivity index (χ3n) is 4.65. The number of carbonyl (C=O) groups is 1. The lowest BCUT2D eigenvalue weighted by molar-refractivity contribution is -0.145. The average molecular weight is 335 g/mol. The van der Waals surface area contributed by atoms with Gasteiger partial charge in [0.25, 0.3) is 11.5 Å². The number of nitrogens with zero attached hydrogens (tertiary/aromatic N) is 3. The van der Waals surface area contributed by atoms with Gasteiger partial charge in [-0.1, -0.05) is 13.8 Å². The zero-order valence-electron chi connectivity index (χ0n) is 14.4. The fourth-order valence-corrected chi connectivity index (χ4v) is 3.36. The van der Waals surface area contributed by atoms with Crippen LogP contribution in [0.1, 0.15) is 43.6 Å². The first-order valence-corrected chi connectivity index (χ1v) is 8.70. The largest absolute Gasteiger partial charge is 0.378 e. The number of ether oxygens (including phenoxy) is 2. The minimum Gasteiger partial charge on any atom is -0.378 e. The van der Waals surface area contributed by atoms with Gasteiger partial charge in [0, 0.05) is 32.2 Å². The molecule has 0 N–H and O–H groups in total. The lowest BCUT2D eigenvalue weighted by Crippen LogP contribution is -2.57. The quantitative estimate of drug-likeness (QED) is 0.823. The van der Waals surface area contributed by atoms with Gasteiger partial charge in [-0.15, -0.1) is 0 Å². The Hall–Kier alpha value is -1.73. The van der Waals surface area contributed by atoms with Crippen molar-refractivity contribution in [2.45, 2.75) is 51.4 Å². The van der Waals surface area contributed by atoms with E-state index in [-0.39, 0.29) is 17.6 Å². The molecule has 2 saturated heterocycles. The molecule has 132 valence electrons. The van der Waals surface area contributed by atoms with Crippen LogP contribution in [0.3, 0.4) is 0 Å². The van der Waals surface area contributed by atoms with Gasteiger partial charge in [0.2, 0.25) is 0 Å². The van der Waals surface area contributed by atoms with Crippen LogP contribution in [0.15, 0.2) is 16.9 Å². The monoisotopic (exact) mass is 335 g/mol. The van der Waals surface area contributed by atoms with Crippen molar-refractivity contribution in [2.75, 3.05) is 26.3 Å². The zero-order valence-corrected chi connectivity index (χ0v) is 14.4. The van der Waals surface area contributed by atoms with Crippen molar-refractivity contribution in [3.8, 4) is 0 Å². The maximum atomic E-state index is 12.9. The Balaban J connectivity index is 1.83. The normalized spacial score (nSPS) is 26.9. The molecule has 0 saturated carbocycles. The molecule has 7 nitrogen and oxygen atoms in total. The minimum absolute atomic E-state index is 0.00551. The predicted molar refractivity (Wildman–Crippen MR) is 88.0 cm³/mol. The highest BCUT2D eigenvalue weighted by molar-refractivity contribution is 5.92. The molecule has 2 atom stereocenters. The lowest BCUT2D eigenvalue weighted by Gasteiger charge is -2.43. The first-order chi connectivity index (χ1) is 11.6. The minimum atomic E-state index is -0.396. The third kappa shape index (κ3) is 3.37. The first-order valence-electron chi connectivity index (χ1n) is 8.70. The van der Waals surface area contributed by atoms with Crippen LogP contribution in [-0.2, 0) is 16.0 Å². The van der Waals surface area contributed by atoms with Gasteiger partial charge in [-0.05, 0) is 18.9 Å². The second kappa shape index (κ2) is 7.03. The van der Waals surface area contributed by atoms with Crippen LogP contribution < -0.4 is 5.56 Å². The van der Waals surface area contributed by atoms with E-state index in [1.54, 1.807) is 4.90 Å². The molecular formula is C17H25N3O4. The topological polar surface area (TPSA) is 73.7 Å². The molecule has 1 aromatic heterocycles. The number of aryl methyl sites for hydroxylation is 1. The first kappa shape index (κ1) is 17.1. The fourth-order valence-electron chi connectivity index (χ4n) is 3.36. The molecule has 2 aliphatic heterocycles. The summed E-state index contributed by atoms with van der Waals surface area (Å²) in [4.78, 5) is 26.5. The van der Waals surface area contributed by atoms with Gasteiger partial charge in [-0.25, -0.2) is 4.68 Å². The van der Waals surface area contributed by atoms with E-state index in [1.807, 2.05) is 6.92 Å². The fraction of sp³-hybridized carbons (Fsp3) is 0.706. The van der Waals surface area contributed by atoms with Gasteiger partial charge >= 0.3 is 0 Å². The summed E-state index contributed by atoms with van der Waals surface area (Å²) in [6.07, 6.45) is 2.44. The Morgan fingerprint density at radius 3 is 2.92 bits per heavy atom. The number of hydrogen-bond acceptors (Lipinski definition) is 5. The van der Waals surface area contributed by atoms with Gasteiger partial charge in [0.15, 0.2) is 0 Å². The van der Waals surface area contributed by atoms with Gasteiger partial charge in [-0.2, -0.15) is 5.10 Å². The Labute approximate surface area is 141 Å². The molecule has 0 radical (unpaired) electrons. The summed E-state index contributed by atoms with van der Waals surface area (Å²) in [6, 6.07) is 2.94. The number of aromatic nitrogens is 2. The molecule has 1 amide bonds. The maximum Gasteiger partial charge on any atom is 0.274 e.